The molecule has 2 rings (SSSR count). The summed E-state index contributed by atoms with van der Waals surface area (Å²) in [6, 6.07) is 7.69. The summed E-state index contributed by atoms with van der Waals surface area (Å²) >= 11 is 1.16. The average molecular weight is 383 g/mol. The molecule has 0 heterocycles. The fourth-order valence-electron chi connectivity index (χ4n) is 1.90. The minimum atomic E-state index is -0.957. The van der Waals surface area contributed by atoms with Crippen LogP contribution in [0.5, 0.6) is 0 Å². The molecule has 2 aromatic carbocycles. The van der Waals surface area contributed by atoms with E-state index in [0.717, 1.165) is 23.9 Å². The van der Waals surface area contributed by atoms with Crippen LogP contribution in [0.3, 0.4) is 0 Å². The number of ether oxygens (including phenoxy) is 1. The number of benzene rings is 2. The summed E-state index contributed by atoms with van der Waals surface area (Å²) in [7, 11) is 0. The van der Waals surface area contributed by atoms with Gasteiger partial charge in [0.05, 0.1) is 6.42 Å². The van der Waals surface area contributed by atoms with Gasteiger partial charge in [0.2, 0.25) is 0 Å². The van der Waals surface area contributed by atoms with E-state index < -0.39 is 35.9 Å². The zero-order chi connectivity index (χ0) is 19.1. The summed E-state index contributed by atoms with van der Waals surface area (Å²) in [5, 5.41) is 2.42. The first kappa shape index (κ1) is 19.8. The fourth-order valence-corrected chi connectivity index (χ4v) is 2.76. The van der Waals surface area contributed by atoms with E-state index in [9.17, 15) is 22.8 Å². The Morgan fingerprint density at radius 3 is 2.50 bits per heavy atom. The van der Waals surface area contributed by atoms with Crippen LogP contribution in [0.25, 0.3) is 0 Å². The number of thioether (sulfide) groups is 1. The van der Waals surface area contributed by atoms with Crippen molar-refractivity contribution in [3.8, 4) is 0 Å². The van der Waals surface area contributed by atoms with E-state index in [-0.39, 0.29) is 17.9 Å². The van der Waals surface area contributed by atoms with Crippen LogP contribution in [0.15, 0.2) is 41.3 Å². The highest BCUT2D eigenvalue weighted by molar-refractivity contribution is 7.99. The van der Waals surface area contributed by atoms with Gasteiger partial charge < -0.3 is 10.1 Å². The molecule has 0 atom stereocenters. The Morgan fingerprint density at radius 2 is 1.81 bits per heavy atom. The van der Waals surface area contributed by atoms with Gasteiger partial charge >= 0.3 is 5.97 Å². The third-order valence-corrected chi connectivity index (χ3v) is 4.28. The van der Waals surface area contributed by atoms with Gasteiger partial charge in [-0.1, -0.05) is 6.07 Å². The maximum atomic E-state index is 13.4. The molecule has 0 aromatic heterocycles. The molecule has 0 radical (unpaired) electrons. The van der Waals surface area contributed by atoms with Crippen molar-refractivity contribution in [1.29, 1.82) is 0 Å². The highest BCUT2D eigenvalue weighted by Crippen LogP contribution is 2.21. The molecule has 4 nitrogen and oxygen atoms in total. The average Bonchev–Trinajstić information content (AvgIpc) is 2.59. The van der Waals surface area contributed by atoms with E-state index in [1.165, 1.54) is 24.3 Å². The fraction of sp³-hybridized carbons (Fsp3) is 0.222. The molecule has 1 amide bonds. The van der Waals surface area contributed by atoms with Crippen molar-refractivity contribution in [3.05, 3.63) is 59.4 Å². The molecule has 0 spiro atoms. The molecular formula is C18H16F3NO3S. The zero-order valence-electron chi connectivity index (χ0n) is 13.9. The second kappa shape index (κ2) is 9.28. The van der Waals surface area contributed by atoms with E-state index in [0.29, 0.717) is 10.5 Å². The quantitative estimate of drug-likeness (QED) is 0.578. The van der Waals surface area contributed by atoms with Crippen molar-refractivity contribution in [2.24, 2.45) is 0 Å². The highest BCUT2D eigenvalue weighted by atomic mass is 32.2. The van der Waals surface area contributed by atoms with Gasteiger partial charge in [-0.3, -0.25) is 9.59 Å². The van der Waals surface area contributed by atoms with E-state index >= 15 is 0 Å². The molecule has 0 aliphatic rings. The normalized spacial score (nSPS) is 10.5. The Kier molecular flexibility index (Phi) is 7.08. The number of rotatable bonds is 7. The number of hydrogen-bond donors (Lipinski definition) is 1. The second-order valence-electron chi connectivity index (χ2n) is 5.35. The standard InChI is InChI=1S/C18H16F3NO3S/c1-11-2-3-12(8-15(11)20)22-17(23)10-25-18(24)6-7-26-13-4-5-14(19)16(21)9-13/h2-5,8-9H,6-7,10H2,1H3,(H,22,23). The lowest BCUT2D eigenvalue weighted by molar-refractivity contribution is -0.146. The van der Waals surface area contributed by atoms with Crippen LogP contribution in [0, 0.1) is 24.4 Å². The highest BCUT2D eigenvalue weighted by Gasteiger charge is 2.10. The van der Waals surface area contributed by atoms with Crippen molar-refractivity contribution in [2.45, 2.75) is 18.2 Å². The number of anilines is 1. The molecule has 0 aliphatic heterocycles. The van der Waals surface area contributed by atoms with Gasteiger partial charge in [0.1, 0.15) is 5.82 Å². The van der Waals surface area contributed by atoms with Gasteiger partial charge in [-0.25, -0.2) is 13.2 Å². The third-order valence-electron chi connectivity index (χ3n) is 3.29. The lowest BCUT2D eigenvalue weighted by Crippen LogP contribution is -2.21. The molecule has 0 saturated heterocycles. The molecule has 0 fully saturated rings. The smallest absolute Gasteiger partial charge is 0.307 e. The van der Waals surface area contributed by atoms with Crippen molar-refractivity contribution in [1.82, 2.24) is 0 Å². The number of amides is 1. The van der Waals surface area contributed by atoms with Gasteiger partial charge in [0, 0.05) is 16.3 Å². The monoisotopic (exact) mass is 383 g/mol. The lowest BCUT2D eigenvalue weighted by Gasteiger charge is -2.07. The Balaban J connectivity index is 1.69. The van der Waals surface area contributed by atoms with Crippen LogP contribution in [0.4, 0.5) is 18.9 Å². The predicted molar refractivity (Wildman–Crippen MR) is 92.4 cm³/mol. The molecule has 138 valence electrons. The first-order valence-electron chi connectivity index (χ1n) is 7.64. The summed E-state index contributed by atoms with van der Waals surface area (Å²) in [5.74, 6) is -3.25. The van der Waals surface area contributed by atoms with E-state index in [4.69, 9.17) is 4.74 Å². The Morgan fingerprint density at radius 1 is 1.04 bits per heavy atom. The van der Waals surface area contributed by atoms with Crippen molar-refractivity contribution >= 4 is 29.3 Å². The van der Waals surface area contributed by atoms with Crippen molar-refractivity contribution in [2.75, 3.05) is 17.7 Å². The summed E-state index contributed by atoms with van der Waals surface area (Å²) < 4.78 is 44.1. The summed E-state index contributed by atoms with van der Waals surface area (Å²) in [6.07, 6.45) is -0.00387. The van der Waals surface area contributed by atoms with Gasteiger partial charge in [-0.2, -0.15) is 0 Å². The number of aryl methyl sites for hydroxylation is 1. The Bertz CT molecular complexity index is 814. The van der Waals surface area contributed by atoms with Crippen molar-refractivity contribution < 1.29 is 27.5 Å². The van der Waals surface area contributed by atoms with Crippen LogP contribution < -0.4 is 5.32 Å². The summed E-state index contributed by atoms with van der Waals surface area (Å²) in [6.45, 7) is 1.10. The number of carbonyl (C=O) groups is 2. The van der Waals surface area contributed by atoms with Gasteiger partial charge in [0.15, 0.2) is 18.2 Å². The number of hydrogen-bond acceptors (Lipinski definition) is 4. The third kappa shape index (κ3) is 6.11. The SMILES string of the molecule is Cc1ccc(NC(=O)COC(=O)CCSc2ccc(F)c(F)c2)cc1F. The number of halogens is 3. The summed E-state index contributed by atoms with van der Waals surface area (Å²) in [4.78, 5) is 23.8. The zero-order valence-corrected chi connectivity index (χ0v) is 14.7. The molecular weight excluding hydrogens is 367 g/mol. The van der Waals surface area contributed by atoms with Crippen LogP contribution in [-0.2, 0) is 14.3 Å². The molecule has 8 heteroatoms. The molecule has 0 bridgehead atoms. The van der Waals surface area contributed by atoms with Crippen LogP contribution in [0.2, 0.25) is 0 Å². The summed E-state index contributed by atoms with van der Waals surface area (Å²) in [5.41, 5.74) is 0.719. The maximum absolute atomic E-state index is 13.4. The minimum Gasteiger partial charge on any atom is -0.456 e. The minimum absolute atomic E-state index is 0.00387. The van der Waals surface area contributed by atoms with E-state index in [1.807, 2.05) is 0 Å². The predicted octanol–water partition coefficient (Wildman–Crippen LogP) is 4.08. The number of esters is 1. The van der Waals surface area contributed by atoms with Gasteiger partial charge in [-0.05, 0) is 42.8 Å². The number of nitrogens with one attached hydrogen (secondary N) is 1. The molecule has 2 aromatic rings. The lowest BCUT2D eigenvalue weighted by atomic mass is 10.2. The Hall–Kier alpha value is -2.48. The van der Waals surface area contributed by atoms with Crippen molar-refractivity contribution in [3.63, 3.8) is 0 Å². The van der Waals surface area contributed by atoms with Gasteiger partial charge in [0.25, 0.3) is 5.91 Å². The first-order chi connectivity index (χ1) is 12.3. The van der Waals surface area contributed by atoms with E-state index in [2.05, 4.69) is 5.32 Å². The molecule has 0 unspecified atom stereocenters. The van der Waals surface area contributed by atoms with Crippen LogP contribution >= 0.6 is 11.8 Å². The molecule has 0 saturated carbocycles. The molecule has 1 N–H and O–H groups in total. The second-order valence-corrected chi connectivity index (χ2v) is 6.52. The molecule has 26 heavy (non-hydrogen) atoms. The maximum Gasteiger partial charge on any atom is 0.307 e. The topological polar surface area (TPSA) is 55.4 Å². The van der Waals surface area contributed by atoms with Crippen LogP contribution in [-0.4, -0.2) is 24.2 Å². The van der Waals surface area contributed by atoms with Crippen LogP contribution in [0.1, 0.15) is 12.0 Å². The largest absolute Gasteiger partial charge is 0.456 e. The van der Waals surface area contributed by atoms with Gasteiger partial charge in [-0.15, -0.1) is 11.8 Å². The number of carbonyl (C=O) groups excluding carboxylic acids is 2. The van der Waals surface area contributed by atoms with E-state index in [1.54, 1.807) is 6.92 Å². The Labute approximate surface area is 152 Å². The first-order valence-corrected chi connectivity index (χ1v) is 8.63. The molecule has 0 aliphatic carbocycles.